The number of sulfone groups is 1. The number of benzene rings is 2. The fourth-order valence-electron chi connectivity index (χ4n) is 6.71. The summed E-state index contributed by atoms with van der Waals surface area (Å²) in [5, 5.41) is -0.327. The summed E-state index contributed by atoms with van der Waals surface area (Å²) >= 11 is 6.14. The highest BCUT2D eigenvalue weighted by molar-refractivity contribution is 7.90. The van der Waals surface area contributed by atoms with Crippen molar-refractivity contribution >= 4 is 33.3 Å². The smallest absolute Gasteiger partial charge is 0.331 e. The summed E-state index contributed by atoms with van der Waals surface area (Å²) in [4.78, 5) is 56.5. The molecule has 2 aliphatic heterocycles. The molecule has 1 aromatic heterocycles. The zero-order valence-corrected chi connectivity index (χ0v) is 25.7. The first kappa shape index (κ1) is 30.3. The lowest BCUT2D eigenvalue weighted by molar-refractivity contribution is -0.163. The molecule has 3 heterocycles. The van der Waals surface area contributed by atoms with Crippen molar-refractivity contribution in [2.75, 3.05) is 31.6 Å². The van der Waals surface area contributed by atoms with Crippen LogP contribution < -0.4 is 11.2 Å². The number of hydrogen-bond acceptors (Lipinski definition) is 6. The second kappa shape index (κ2) is 11.3. The third-order valence-electron chi connectivity index (χ3n) is 9.06. The maximum atomic E-state index is 14.2. The quantitative estimate of drug-likeness (QED) is 0.390. The number of carbonyl (C=O) groups excluding carboxylic acids is 2. The maximum Gasteiger partial charge on any atom is 0.331 e. The number of halogens is 2. The van der Waals surface area contributed by atoms with E-state index in [1.54, 1.807) is 4.90 Å². The summed E-state index contributed by atoms with van der Waals surface area (Å²) in [6, 6.07) is 12.1. The van der Waals surface area contributed by atoms with Gasteiger partial charge in [0.1, 0.15) is 22.2 Å². The Morgan fingerprint density at radius 3 is 2.43 bits per heavy atom. The van der Waals surface area contributed by atoms with Crippen LogP contribution in [0.1, 0.15) is 24.0 Å². The van der Waals surface area contributed by atoms with Gasteiger partial charge in [-0.3, -0.25) is 23.5 Å². The van der Waals surface area contributed by atoms with Crippen molar-refractivity contribution in [3.63, 3.8) is 0 Å². The van der Waals surface area contributed by atoms with E-state index in [2.05, 4.69) is 6.07 Å². The van der Waals surface area contributed by atoms with Gasteiger partial charge in [-0.25, -0.2) is 17.6 Å². The number of hydrogen-bond donors (Lipinski definition) is 0. The summed E-state index contributed by atoms with van der Waals surface area (Å²) in [5.74, 6) is -1.46. The molecule has 0 atom stereocenters. The molecule has 3 aromatic rings. The Balaban J connectivity index is 1.16. The largest absolute Gasteiger partial charge is 0.340 e. The molecule has 2 aromatic carbocycles. The molecule has 10 nitrogen and oxygen atoms in total. The zero-order valence-electron chi connectivity index (χ0n) is 24.2. The van der Waals surface area contributed by atoms with E-state index < -0.39 is 39.2 Å². The minimum atomic E-state index is -3.53. The maximum absolute atomic E-state index is 14.2. The number of likely N-dealkylation sites (tertiary alicyclic amines) is 1. The molecule has 1 saturated heterocycles. The third-order valence-corrected chi connectivity index (χ3v) is 10.4. The Morgan fingerprint density at radius 2 is 1.73 bits per heavy atom. The van der Waals surface area contributed by atoms with Crippen LogP contribution in [0.25, 0.3) is 11.1 Å². The minimum absolute atomic E-state index is 0.0283. The Kier molecular flexibility index (Phi) is 7.77. The van der Waals surface area contributed by atoms with Gasteiger partial charge in [0.05, 0.1) is 22.8 Å². The van der Waals surface area contributed by atoms with Gasteiger partial charge < -0.3 is 9.80 Å². The first-order chi connectivity index (χ1) is 20.8. The number of fused-ring (bicyclic) bond motifs is 1. The lowest BCUT2D eigenvalue weighted by Crippen LogP contribution is -2.68. The van der Waals surface area contributed by atoms with Crippen LogP contribution in [-0.2, 0) is 45.4 Å². The van der Waals surface area contributed by atoms with E-state index in [1.165, 1.54) is 23.9 Å². The van der Waals surface area contributed by atoms with Crippen LogP contribution in [-0.4, -0.2) is 76.9 Å². The molecule has 6 rings (SSSR count). The number of rotatable bonds is 7. The molecule has 13 heteroatoms. The van der Waals surface area contributed by atoms with E-state index in [1.807, 2.05) is 23.1 Å². The van der Waals surface area contributed by atoms with Crippen molar-refractivity contribution in [1.29, 1.82) is 0 Å². The lowest BCUT2D eigenvalue weighted by Gasteiger charge is -2.60. The molecular formula is C31H32ClFN4O6S. The van der Waals surface area contributed by atoms with Crippen LogP contribution >= 0.6 is 11.6 Å². The second-order valence-corrected chi connectivity index (χ2v) is 14.9. The van der Waals surface area contributed by atoms with Gasteiger partial charge in [0.25, 0.3) is 5.56 Å². The number of aromatic nitrogens is 2. The van der Waals surface area contributed by atoms with E-state index in [4.69, 9.17) is 11.6 Å². The zero-order chi connectivity index (χ0) is 31.4. The van der Waals surface area contributed by atoms with E-state index in [0.717, 1.165) is 46.3 Å². The Hall–Kier alpha value is -3.77. The van der Waals surface area contributed by atoms with E-state index in [-0.39, 0.29) is 46.0 Å². The van der Waals surface area contributed by atoms with Crippen LogP contribution in [0.3, 0.4) is 0 Å². The molecule has 232 valence electrons. The van der Waals surface area contributed by atoms with E-state index in [0.29, 0.717) is 26.1 Å². The van der Waals surface area contributed by atoms with Gasteiger partial charge in [-0.15, -0.1) is 0 Å². The van der Waals surface area contributed by atoms with Crippen LogP contribution in [0.2, 0.25) is 5.02 Å². The van der Waals surface area contributed by atoms with Crippen molar-refractivity contribution in [3.05, 3.63) is 91.5 Å². The molecule has 1 spiro atoms. The molecule has 0 unspecified atom stereocenters. The summed E-state index contributed by atoms with van der Waals surface area (Å²) in [6.45, 7) is 0.848. The van der Waals surface area contributed by atoms with Gasteiger partial charge in [0, 0.05) is 55.7 Å². The summed E-state index contributed by atoms with van der Waals surface area (Å²) < 4.78 is 39.6. The van der Waals surface area contributed by atoms with Crippen molar-refractivity contribution in [2.24, 2.45) is 5.41 Å². The van der Waals surface area contributed by atoms with Gasteiger partial charge in [-0.05, 0) is 36.5 Å². The molecule has 3 aliphatic rings. The fraction of sp³-hybridized carbons (Fsp3) is 0.419. The van der Waals surface area contributed by atoms with Gasteiger partial charge in [-0.2, -0.15) is 0 Å². The average molecular weight is 643 g/mol. The summed E-state index contributed by atoms with van der Waals surface area (Å²) in [6.07, 6.45) is 4.99. The van der Waals surface area contributed by atoms with Crippen molar-refractivity contribution in [3.8, 4) is 11.1 Å². The molecule has 0 bridgehead atoms. The second-order valence-electron chi connectivity index (χ2n) is 12.2. The van der Waals surface area contributed by atoms with Crippen LogP contribution in [0, 0.1) is 11.2 Å². The van der Waals surface area contributed by atoms with Gasteiger partial charge in [0.2, 0.25) is 11.8 Å². The third kappa shape index (κ3) is 5.72. The monoisotopic (exact) mass is 642 g/mol. The Bertz CT molecular complexity index is 1890. The van der Waals surface area contributed by atoms with Crippen molar-refractivity contribution in [2.45, 2.75) is 44.8 Å². The Labute approximate surface area is 258 Å². The first-order valence-electron chi connectivity index (χ1n) is 14.4. The first-order valence-corrected chi connectivity index (χ1v) is 16.9. The van der Waals surface area contributed by atoms with Gasteiger partial charge in [0.15, 0.2) is 0 Å². The molecule has 1 saturated carbocycles. The molecule has 0 radical (unpaired) electrons. The summed E-state index contributed by atoms with van der Waals surface area (Å²) in [5.41, 5.74) is 0.447. The molecule has 44 heavy (non-hydrogen) atoms. The minimum Gasteiger partial charge on any atom is -0.340 e. The lowest BCUT2D eigenvalue weighted by atomic mass is 9.60. The van der Waals surface area contributed by atoms with E-state index in [9.17, 15) is 32.0 Å². The average Bonchev–Trinajstić information content (AvgIpc) is 3.08. The molecule has 1 aliphatic carbocycles. The highest BCUT2D eigenvalue weighted by atomic mass is 35.5. The van der Waals surface area contributed by atoms with Crippen LogP contribution in [0.15, 0.2) is 58.3 Å². The van der Waals surface area contributed by atoms with Crippen LogP contribution in [0.5, 0.6) is 0 Å². The highest BCUT2D eigenvalue weighted by Gasteiger charge is 2.55. The van der Waals surface area contributed by atoms with Gasteiger partial charge >= 0.3 is 5.69 Å². The van der Waals surface area contributed by atoms with E-state index >= 15 is 0 Å². The predicted molar refractivity (Wildman–Crippen MR) is 163 cm³/mol. The summed E-state index contributed by atoms with van der Waals surface area (Å²) in [7, 11) is -3.53. The molecule has 2 amide bonds. The highest BCUT2D eigenvalue weighted by Crippen LogP contribution is 2.50. The number of amides is 2. The standard InChI is InChI=1S/C31H32ClFN4O6S/c1-44(42,43)12-11-37-29(40)24(23-7-4-8-25(33)28(23)32)16-34(30(37)41)17-27(39)35-18-31(19-35)14-22(15-31)36-10-9-20-5-2-3-6-21(20)13-26(36)38/h2-8,16,22H,9-15,17-19H2,1H3. The SMILES string of the molecule is CS(=O)(=O)CCn1c(=O)c(-c2cccc(F)c2Cl)cn(CC(=O)N2CC3(CC(N4CCc5ccccc5CC4=O)C3)C2)c1=O. The van der Waals surface area contributed by atoms with Gasteiger partial charge in [-0.1, -0.05) is 48.0 Å². The normalized spacial score (nSPS) is 18.0. The number of nitrogens with zero attached hydrogens (tertiary/aromatic N) is 4. The van der Waals surface area contributed by atoms with Crippen LogP contribution in [0.4, 0.5) is 4.39 Å². The van der Waals surface area contributed by atoms with Crippen molar-refractivity contribution < 1.29 is 22.4 Å². The van der Waals surface area contributed by atoms with Crippen molar-refractivity contribution in [1.82, 2.24) is 18.9 Å². The Morgan fingerprint density at radius 1 is 1.02 bits per heavy atom. The fourth-order valence-corrected chi connectivity index (χ4v) is 7.45. The number of carbonyl (C=O) groups is 2. The molecule has 2 fully saturated rings. The predicted octanol–water partition coefficient (Wildman–Crippen LogP) is 2.13. The molecule has 0 N–H and O–H groups in total. The molecular weight excluding hydrogens is 611 g/mol. The topological polar surface area (TPSA) is 119 Å².